The number of nitrogens with zero attached hydrogens (tertiary/aromatic N) is 4. The summed E-state index contributed by atoms with van der Waals surface area (Å²) in [7, 11) is 0. The van der Waals surface area contributed by atoms with Crippen molar-refractivity contribution in [3.8, 4) is 17.6 Å². The van der Waals surface area contributed by atoms with Crippen molar-refractivity contribution < 1.29 is 9.84 Å². The van der Waals surface area contributed by atoms with Crippen molar-refractivity contribution in [3.63, 3.8) is 0 Å². The molecule has 1 unspecified atom stereocenters. The van der Waals surface area contributed by atoms with Gasteiger partial charge >= 0.3 is 0 Å². The standard InChI is InChI=1S/C11H11N5O2/c12-6-11(14-3-4-15-16-13)7-18-10-5-8(17)1-2-9(10)11/h1-2,5,14,17H,3-4,7H2. The van der Waals surface area contributed by atoms with Crippen molar-refractivity contribution in [1.29, 1.82) is 5.26 Å². The molecule has 0 saturated carbocycles. The van der Waals surface area contributed by atoms with Crippen LogP contribution in [0.3, 0.4) is 0 Å². The third-order valence-corrected chi connectivity index (χ3v) is 2.76. The van der Waals surface area contributed by atoms with Gasteiger partial charge in [0, 0.05) is 29.6 Å². The van der Waals surface area contributed by atoms with E-state index < -0.39 is 5.54 Å². The number of nitriles is 1. The van der Waals surface area contributed by atoms with Gasteiger partial charge in [0.15, 0.2) is 5.54 Å². The van der Waals surface area contributed by atoms with E-state index in [1.54, 1.807) is 6.07 Å². The molecule has 1 aliphatic rings. The Hall–Kier alpha value is -2.42. The topological polar surface area (TPSA) is 114 Å². The number of nitrogens with one attached hydrogen (secondary N) is 1. The average molecular weight is 245 g/mol. The fourth-order valence-electron chi connectivity index (χ4n) is 1.89. The number of fused-ring (bicyclic) bond motifs is 1. The zero-order valence-electron chi connectivity index (χ0n) is 9.50. The SMILES string of the molecule is N#CC1(NCCN=[N+]=[N-])COc2cc(O)ccc21. The summed E-state index contributed by atoms with van der Waals surface area (Å²) >= 11 is 0. The van der Waals surface area contributed by atoms with Gasteiger partial charge < -0.3 is 9.84 Å². The van der Waals surface area contributed by atoms with Gasteiger partial charge in [-0.2, -0.15) is 5.26 Å². The minimum Gasteiger partial charge on any atom is -0.508 e. The first-order valence-electron chi connectivity index (χ1n) is 5.35. The number of azide groups is 1. The first-order valence-corrected chi connectivity index (χ1v) is 5.35. The van der Waals surface area contributed by atoms with Crippen LogP contribution in [0, 0.1) is 11.3 Å². The first kappa shape index (κ1) is 12.0. The zero-order valence-corrected chi connectivity index (χ0v) is 9.50. The van der Waals surface area contributed by atoms with Gasteiger partial charge in [-0.15, -0.1) is 0 Å². The monoisotopic (exact) mass is 245 g/mol. The van der Waals surface area contributed by atoms with Crippen molar-refractivity contribution in [3.05, 3.63) is 34.2 Å². The Morgan fingerprint density at radius 2 is 2.50 bits per heavy atom. The molecule has 0 amide bonds. The molecule has 2 rings (SSSR count). The van der Waals surface area contributed by atoms with Gasteiger partial charge in [-0.3, -0.25) is 5.32 Å². The average Bonchev–Trinajstić information content (AvgIpc) is 2.73. The minimum atomic E-state index is -0.950. The van der Waals surface area contributed by atoms with Crippen LogP contribution in [0.1, 0.15) is 5.56 Å². The van der Waals surface area contributed by atoms with Crippen molar-refractivity contribution in [1.82, 2.24) is 5.32 Å². The molecule has 0 aliphatic carbocycles. The Bertz CT molecular complexity index is 547. The van der Waals surface area contributed by atoms with E-state index in [0.29, 0.717) is 17.9 Å². The van der Waals surface area contributed by atoms with Crippen molar-refractivity contribution in [2.45, 2.75) is 5.54 Å². The van der Waals surface area contributed by atoms with Crippen LogP contribution in [0.2, 0.25) is 0 Å². The molecule has 7 heteroatoms. The third-order valence-electron chi connectivity index (χ3n) is 2.76. The predicted molar refractivity (Wildman–Crippen MR) is 62.9 cm³/mol. The molecular weight excluding hydrogens is 234 g/mol. The van der Waals surface area contributed by atoms with Crippen LogP contribution in [0.4, 0.5) is 0 Å². The minimum absolute atomic E-state index is 0.0940. The molecule has 2 N–H and O–H groups in total. The summed E-state index contributed by atoms with van der Waals surface area (Å²) in [6.07, 6.45) is 0. The van der Waals surface area contributed by atoms with Gasteiger partial charge in [0.05, 0.1) is 6.07 Å². The molecule has 92 valence electrons. The van der Waals surface area contributed by atoms with E-state index in [2.05, 4.69) is 21.4 Å². The van der Waals surface area contributed by atoms with Crippen LogP contribution in [-0.2, 0) is 5.54 Å². The third kappa shape index (κ3) is 2.02. The highest BCUT2D eigenvalue weighted by molar-refractivity contribution is 5.50. The number of phenolic OH excluding ortho intramolecular Hbond substituents is 1. The molecule has 1 aliphatic heterocycles. The maximum absolute atomic E-state index is 9.35. The summed E-state index contributed by atoms with van der Waals surface area (Å²) < 4.78 is 5.39. The second-order valence-corrected chi connectivity index (χ2v) is 3.87. The lowest BCUT2D eigenvalue weighted by Gasteiger charge is -2.20. The van der Waals surface area contributed by atoms with Crippen LogP contribution in [0.5, 0.6) is 11.5 Å². The van der Waals surface area contributed by atoms with Gasteiger partial charge in [0.2, 0.25) is 0 Å². The number of hydrogen-bond acceptors (Lipinski definition) is 5. The molecule has 0 fully saturated rings. The fourth-order valence-corrected chi connectivity index (χ4v) is 1.89. The Morgan fingerprint density at radius 3 is 3.22 bits per heavy atom. The van der Waals surface area contributed by atoms with Gasteiger partial charge in [-0.1, -0.05) is 5.11 Å². The zero-order chi connectivity index (χ0) is 13.0. The van der Waals surface area contributed by atoms with Crippen LogP contribution < -0.4 is 10.1 Å². The van der Waals surface area contributed by atoms with E-state index in [1.807, 2.05) is 0 Å². The Morgan fingerprint density at radius 1 is 1.67 bits per heavy atom. The highest BCUT2D eigenvalue weighted by atomic mass is 16.5. The van der Waals surface area contributed by atoms with E-state index >= 15 is 0 Å². The Kier molecular flexibility index (Phi) is 3.24. The largest absolute Gasteiger partial charge is 0.508 e. The summed E-state index contributed by atoms with van der Waals surface area (Å²) in [5.74, 6) is 0.587. The lowest BCUT2D eigenvalue weighted by atomic mass is 9.93. The molecule has 1 aromatic carbocycles. The van der Waals surface area contributed by atoms with Crippen LogP contribution in [0.15, 0.2) is 23.3 Å². The number of aromatic hydroxyl groups is 1. The van der Waals surface area contributed by atoms with E-state index in [-0.39, 0.29) is 18.9 Å². The van der Waals surface area contributed by atoms with Crippen LogP contribution in [0.25, 0.3) is 10.4 Å². The lowest BCUT2D eigenvalue weighted by Crippen LogP contribution is -2.43. The maximum atomic E-state index is 9.35. The Balaban J connectivity index is 2.21. The number of hydrogen-bond donors (Lipinski definition) is 2. The second-order valence-electron chi connectivity index (χ2n) is 3.87. The summed E-state index contributed by atoms with van der Waals surface area (Å²) in [6, 6.07) is 6.82. The molecule has 0 bridgehead atoms. The van der Waals surface area contributed by atoms with E-state index in [1.165, 1.54) is 12.1 Å². The molecule has 1 heterocycles. The second kappa shape index (κ2) is 4.84. The molecule has 0 spiro atoms. The van der Waals surface area contributed by atoms with Crippen LogP contribution >= 0.6 is 0 Å². The number of rotatable bonds is 4. The lowest BCUT2D eigenvalue weighted by molar-refractivity contribution is 0.272. The summed E-state index contributed by atoms with van der Waals surface area (Å²) in [5.41, 5.74) is 7.91. The first-order chi connectivity index (χ1) is 8.72. The van der Waals surface area contributed by atoms with Crippen molar-refractivity contribution in [2.24, 2.45) is 5.11 Å². The van der Waals surface area contributed by atoms with Crippen molar-refractivity contribution >= 4 is 0 Å². The smallest absolute Gasteiger partial charge is 0.170 e. The van der Waals surface area contributed by atoms with Gasteiger partial charge in [-0.25, -0.2) is 0 Å². The molecule has 18 heavy (non-hydrogen) atoms. The van der Waals surface area contributed by atoms with Gasteiger partial charge in [0.25, 0.3) is 0 Å². The molecule has 0 aromatic heterocycles. The number of phenols is 1. The predicted octanol–water partition coefficient (Wildman–Crippen LogP) is 1.40. The normalized spacial score (nSPS) is 20.4. The summed E-state index contributed by atoms with van der Waals surface area (Å²) in [5, 5.41) is 25.1. The molecule has 1 atom stereocenters. The molecule has 1 aromatic rings. The summed E-state index contributed by atoms with van der Waals surface area (Å²) in [4.78, 5) is 2.64. The highest BCUT2D eigenvalue weighted by Gasteiger charge is 2.40. The molecular formula is C11H11N5O2. The van der Waals surface area contributed by atoms with Gasteiger partial charge in [-0.05, 0) is 17.7 Å². The highest BCUT2D eigenvalue weighted by Crippen LogP contribution is 2.38. The van der Waals surface area contributed by atoms with Crippen LogP contribution in [-0.4, -0.2) is 24.8 Å². The fraction of sp³-hybridized carbons (Fsp3) is 0.364. The maximum Gasteiger partial charge on any atom is 0.170 e. The molecule has 7 nitrogen and oxygen atoms in total. The van der Waals surface area contributed by atoms with Crippen molar-refractivity contribution in [2.75, 3.05) is 19.7 Å². The van der Waals surface area contributed by atoms with E-state index in [9.17, 15) is 10.4 Å². The molecule has 0 radical (unpaired) electrons. The number of benzene rings is 1. The summed E-state index contributed by atoms with van der Waals surface area (Å²) in [6.45, 7) is 0.799. The van der Waals surface area contributed by atoms with E-state index in [0.717, 1.165) is 0 Å². The quantitative estimate of drug-likeness (QED) is 0.361. The molecule has 0 saturated heterocycles. The van der Waals surface area contributed by atoms with Gasteiger partial charge in [0.1, 0.15) is 18.1 Å². The van der Waals surface area contributed by atoms with E-state index in [4.69, 9.17) is 10.3 Å². The number of ether oxygens (including phenoxy) is 1. The Labute approximate surface area is 103 Å².